The number of benzene rings is 2. The SMILES string of the molecule is COCCC1(NC(=O)c2ccc(F)cc2)CCN(C(=O)c2ccc3cc[nH]c3c2)C1. The van der Waals surface area contributed by atoms with Crippen molar-refractivity contribution in [3.05, 3.63) is 71.7 Å². The first kappa shape index (κ1) is 20.1. The van der Waals surface area contributed by atoms with Crippen molar-refractivity contribution >= 4 is 22.7 Å². The number of amides is 2. The van der Waals surface area contributed by atoms with E-state index in [0.29, 0.717) is 43.7 Å². The molecule has 2 N–H and O–H groups in total. The normalized spacial score (nSPS) is 18.7. The fraction of sp³-hybridized carbons (Fsp3) is 0.304. The summed E-state index contributed by atoms with van der Waals surface area (Å²) >= 11 is 0. The highest BCUT2D eigenvalue weighted by Crippen LogP contribution is 2.28. The number of hydrogen-bond donors (Lipinski definition) is 2. The molecule has 0 spiro atoms. The molecule has 0 saturated carbocycles. The molecule has 0 bridgehead atoms. The third-order valence-electron chi connectivity index (χ3n) is 5.71. The molecule has 2 amide bonds. The Bertz CT molecular complexity index is 1060. The van der Waals surface area contributed by atoms with Crippen LogP contribution in [0.4, 0.5) is 4.39 Å². The number of fused-ring (bicyclic) bond motifs is 1. The quantitative estimate of drug-likeness (QED) is 0.656. The van der Waals surface area contributed by atoms with Crippen LogP contribution >= 0.6 is 0 Å². The van der Waals surface area contributed by atoms with Gasteiger partial charge >= 0.3 is 0 Å². The standard InChI is InChI=1S/C23H24FN3O3/c1-30-13-10-23(26-21(28)17-4-6-19(24)7-5-17)9-12-27(15-23)22(29)18-3-2-16-8-11-25-20(16)14-18/h2-8,11,14,25H,9-10,12-13,15H2,1H3,(H,26,28). The number of H-pyrrole nitrogens is 1. The highest BCUT2D eigenvalue weighted by atomic mass is 19.1. The second-order valence-corrected chi connectivity index (χ2v) is 7.74. The van der Waals surface area contributed by atoms with E-state index in [9.17, 15) is 14.0 Å². The van der Waals surface area contributed by atoms with Crippen molar-refractivity contribution in [1.82, 2.24) is 15.2 Å². The summed E-state index contributed by atoms with van der Waals surface area (Å²) < 4.78 is 18.4. The average molecular weight is 409 g/mol. The van der Waals surface area contributed by atoms with E-state index in [4.69, 9.17) is 4.74 Å². The van der Waals surface area contributed by atoms with Crippen LogP contribution in [-0.4, -0.2) is 54.0 Å². The molecule has 1 unspecified atom stereocenters. The number of rotatable bonds is 6. The second-order valence-electron chi connectivity index (χ2n) is 7.74. The molecule has 6 nitrogen and oxygen atoms in total. The summed E-state index contributed by atoms with van der Waals surface area (Å²) in [7, 11) is 1.61. The fourth-order valence-electron chi connectivity index (χ4n) is 3.99. The molecule has 1 fully saturated rings. The van der Waals surface area contributed by atoms with E-state index >= 15 is 0 Å². The van der Waals surface area contributed by atoms with Gasteiger partial charge in [0.2, 0.25) is 0 Å². The molecule has 2 heterocycles. The van der Waals surface area contributed by atoms with Crippen LogP contribution in [-0.2, 0) is 4.74 Å². The van der Waals surface area contributed by atoms with Crippen LogP contribution in [0.25, 0.3) is 10.9 Å². The van der Waals surface area contributed by atoms with Gasteiger partial charge in [-0.2, -0.15) is 0 Å². The van der Waals surface area contributed by atoms with Crippen LogP contribution in [0.2, 0.25) is 0 Å². The zero-order valence-corrected chi connectivity index (χ0v) is 16.8. The lowest BCUT2D eigenvalue weighted by Crippen LogP contribution is -2.51. The number of carbonyl (C=O) groups is 2. The molecule has 1 aliphatic rings. The maximum atomic E-state index is 13.2. The van der Waals surface area contributed by atoms with Crippen LogP contribution in [0.5, 0.6) is 0 Å². The molecule has 1 aliphatic heterocycles. The molecule has 30 heavy (non-hydrogen) atoms. The average Bonchev–Trinajstić information content (AvgIpc) is 3.39. The van der Waals surface area contributed by atoms with E-state index in [0.717, 1.165) is 10.9 Å². The Kier molecular flexibility index (Phi) is 5.55. The van der Waals surface area contributed by atoms with E-state index in [1.54, 1.807) is 12.0 Å². The number of carbonyl (C=O) groups excluding carboxylic acids is 2. The van der Waals surface area contributed by atoms with Gasteiger partial charge in [0.1, 0.15) is 5.82 Å². The molecule has 4 rings (SSSR count). The van der Waals surface area contributed by atoms with Crippen molar-refractivity contribution in [3.63, 3.8) is 0 Å². The molecular formula is C23H24FN3O3. The van der Waals surface area contributed by atoms with Crippen molar-refractivity contribution in [2.75, 3.05) is 26.8 Å². The monoisotopic (exact) mass is 409 g/mol. The Morgan fingerprint density at radius 3 is 2.70 bits per heavy atom. The van der Waals surface area contributed by atoms with Crippen LogP contribution in [0.15, 0.2) is 54.7 Å². The van der Waals surface area contributed by atoms with E-state index < -0.39 is 11.4 Å². The Morgan fingerprint density at radius 2 is 1.93 bits per heavy atom. The Balaban J connectivity index is 1.51. The molecule has 0 radical (unpaired) electrons. The molecular weight excluding hydrogens is 385 g/mol. The molecule has 0 aliphatic carbocycles. The highest BCUT2D eigenvalue weighted by molar-refractivity contribution is 5.98. The van der Waals surface area contributed by atoms with Gasteiger partial charge in [0.05, 0.1) is 5.54 Å². The van der Waals surface area contributed by atoms with Crippen LogP contribution in [0.1, 0.15) is 33.6 Å². The van der Waals surface area contributed by atoms with Gasteiger partial charge in [-0.25, -0.2) is 4.39 Å². The molecule has 3 aromatic rings. The van der Waals surface area contributed by atoms with E-state index in [2.05, 4.69) is 10.3 Å². The van der Waals surface area contributed by atoms with Crippen molar-refractivity contribution in [3.8, 4) is 0 Å². The van der Waals surface area contributed by atoms with Gasteiger partial charge < -0.3 is 19.9 Å². The van der Waals surface area contributed by atoms with Crippen molar-refractivity contribution in [1.29, 1.82) is 0 Å². The minimum atomic E-state index is -0.590. The second kappa shape index (κ2) is 8.28. The van der Waals surface area contributed by atoms with Crippen molar-refractivity contribution < 1.29 is 18.7 Å². The first-order chi connectivity index (χ1) is 14.5. The number of nitrogens with zero attached hydrogens (tertiary/aromatic N) is 1. The summed E-state index contributed by atoms with van der Waals surface area (Å²) in [6.07, 6.45) is 3.05. The van der Waals surface area contributed by atoms with Gasteiger partial charge in [0.15, 0.2) is 0 Å². The van der Waals surface area contributed by atoms with Gasteiger partial charge in [-0.05, 0) is 60.7 Å². The summed E-state index contributed by atoms with van der Waals surface area (Å²) in [6.45, 7) is 1.39. The van der Waals surface area contributed by atoms with Crippen molar-refractivity contribution in [2.45, 2.75) is 18.4 Å². The third-order valence-corrected chi connectivity index (χ3v) is 5.71. The lowest BCUT2D eigenvalue weighted by Gasteiger charge is -2.30. The van der Waals surface area contributed by atoms with Gasteiger partial charge in [0, 0.05) is 49.6 Å². The maximum Gasteiger partial charge on any atom is 0.254 e. The van der Waals surface area contributed by atoms with E-state index in [1.165, 1.54) is 24.3 Å². The summed E-state index contributed by atoms with van der Waals surface area (Å²) in [5.74, 6) is -0.743. The minimum absolute atomic E-state index is 0.0678. The number of ether oxygens (including phenoxy) is 1. The largest absolute Gasteiger partial charge is 0.385 e. The number of aromatic amines is 1. The molecule has 1 atom stereocenters. The van der Waals surface area contributed by atoms with Gasteiger partial charge in [-0.3, -0.25) is 9.59 Å². The summed E-state index contributed by atoms with van der Waals surface area (Å²) in [5, 5.41) is 4.13. The van der Waals surface area contributed by atoms with Gasteiger partial charge in [-0.15, -0.1) is 0 Å². The first-order valence-electron chi connectivity index (χ1n) is 9.93. The summed E-state index contributed by atoms with van der Waals surface area (Å²) in [4.78, 5) is 30.8. The Morgan fingerprint density at radius 1 is 1.17 bits per heavy atom. The number of halogens is 1. The third kappa shape index (κ3) is 4.07. The van der Waals surface area contributed by atoms with Crippen LogP contribution < -0.4 is 5.32 Å². The maximum absolute atomic E-state index is 13.2. The predicted molar refractivity (Wildman–Crippen MR) is 112 cm³/mol. The topological polar surface area (TPSA) is 74.4 Å². The Hall–Kier alpha value is -3.19. The lowest BCUT2D eigenvalue weighted by molar-refractivity contribution is 0.0747. The number of likely N-dealkylation sites (tertiary alicyclic amines) is 1. The fourth-order valence-corrected chi connectivity index (χ4v) is 3.99. The highest BCUT2D eigenvalue weighted by Gasteiger charge is 2.41. The lowest BCUT2D eigenvalue weighted by atomic mass is 9.93. The number of aromatic nitrogens is 1. The van der Waals surface area contributed by atoms with Gasteiger partial charge in [-0.1, -0.05) is 6.07 Å². The number of nitrogens with one attached hydrogen (secondary N) is 2. The molecule has 1 saturated heterocycles. The predicted octanol–water partition coefficient (Wildman–Crippen LogP) is 3.36. The zero-order chi connectivity index (χ0) is 21.1. The number of methoxy groups -OCH3 is 1. The summed E-state index contributed by atoms with van der Waals surface area (Å²) in [6, 6.07) is 13.0. The molecule has 7 heteroatoms. The zero-order valence-electron chi connectivity index (χ0n) is 16.8. The smallest absolute Gasteiger partial charge is 0.254 e. The number of hydrogen-bond acceptors (Lipinski definition) is 3. The first-order valence-corrected chi connectivity index (χ1v) is 9.93. The van der Waals surface area contributed by atoms with E-state index in [1.807, 2.05) is 30.5 Å². The molecule has 1 aromatic heterocycles. The molecule has 156 valence electrons. The van der Waals surface area contributed by atoms with E-state index in [-0.39, 0.29) is 11.8 Å². The van der Waals surface area contributed by atoms with Crippen LogP contribution in [0.3, 0.4) is 0 Å². The van der Waals surface area contributed by atoms with Crippen molar-refractivity contribution in [2.24, 2.45) is 0 Å². The summed E-state index contributed by atoms with van der Waals surface area (Å²) in [5.41, 5.74) is 1.32. The Labute approximate surface area is 174 Å². The van der Waals surface area contributed by atoms with Gasteiger partial charge in [0.25, 0.3) is 11.8 Å². The minimum Gasteiger partial charge on any atom is -0.385 e. The van der Waals surface area contributed by atoms with Crippen LogP contribution in [0, 0.1) is 5.82 Å². The molecule has 2 aromatic carbocycles.